The standard InChI is InChI=1S/C11H11IN2O2/c1-2-16-10-4-3-8(12)7-9(10)14-11(15)5-6-13/h3-4,7H,2,5H2,1H3,(H,14,15). The van der Waals surface area contributed by atoms with Crippen LogP contribution in [0.4, 0.5) is 5.69 Å². The maximum Gasteiger partial charge on any atom is 0.238 e. The number of ether oxygens (including phenoxy) is 1. The zero-order valence-corrected chi connectivity index (χ0v) is 10.9. The maximum absolute atomic E-state index is 11.3. The summed E-state index contributed by atoms with van der Waals surface area (Å²) in [5.41, 5.74) is 0.606. The van der Waals surface area contributed by atoms with Crippen molar-refractivity contribution in [2.75, 3.05) is 11.9 Å². The molecule has 1 aromatic carbocycles. The third kappa shape index (κ3) is 3.70. The van der Waals surface area contributed by atoms with Crippen LogP contribution in [-0.4, -0.2) is 12.5 Å². The van der Waals surface area contributed by atoms with Crippen molar-refractivity contribution in [1.29, 1.82) is 5.26 Å². The Kier molecular flexibility index (Phi) is 5.05. The van der Waals surface area contributed by atoms with Crippen molar-refractivity contribution in [2.45, 2.75) is 13.3 Å². The van der Waals surface area contributed by atoms with Gasteiger partial charge in [0.05, 0.1) is 18.4 Å². The van der Waals surface area contributed by atoms with E-state index >= 15 is 0 Å². The second kappa shape index (κ2) is 6.33. The Labute approximate surface area is 108 Å². The molecule has 4 nitrogen and oxygen atoms in total. The topological polar surface area (TPSA) is 62.1 Å². The number of carbonyl (C=O) groups excluding carboxylic acids is 1. The van der Waals surface area contributed by atoms with Gasteiger partial charge in [0.25, 0.3) is 0 Å². The van der Waals surface area contributed by atoms with Crippen molar-refractivity contribution in [3.63, 3.8) is 0 Å². The average Bonchev–Trinajstić information content (AvgIpc) is 2.22. The molecule has 84 valence electrons. The SMILES string of the molecule is CCOc1ccc(I)cc1NC(=O)CC#N. The number of hydrogen-bond donors (Lipinski definition) is 1. The van der Waals surface area contributed by atoms with E-state index in [4.69, 9.17) is 10.00 Å². The Hall–Kier alpha value is -1.29. The molecular formula is C11H11IN2O2. The van der Waals surface area contributed by atoms with Crippen molar-refractivity contribution in [1.82, 2.24) is 0 Å². The highest BCUT2D eigenvalue weighted by atomic mass is 127. The van der Waals surface area contributed by atoms with Gasteiger partial charge >= 0.3 is 0 Å². The lowest BCUT2D eigenvalue weighted by Crippen LogP contribution is -2.11. The summed E-state index contributed by atoms with van der Waals surface area (Å²) in [6, 6.07) is 7.30. The number of hydrogen-bond acceptors (Lipinski definition) is 3. The highest BCUT2D eigenvalue weighted by Crippen LogP contribution is 2.26. The Morgan fingerprint density at radius 1 is 1.62 bits per heavy atom. The molecule has 0 heterocycles. The molecule has 0 saturated carbocycles. The first-order valence-electron chi connectivity index (χ1n) is 4.76. The smallest absolute Gasteiger partial charge is 0.238 e. The van der Waals surface area contributed by atoms with Gasteiger partial charge in [-0.15, -0.1) is 0 Å². The van der Waals surface area contributed by atoms with E-state index in [0.29, 0.717) is 18.0 Å². The highest BCUT2D eigenvalue weighted by Gasteiger charge is 2.07. The van der Waals surface area contributed by atoms with Crippen molar-refractivity contribution in [2.24, 2.45) is 0 Å². The molecule has 1 rings (SSSR count). The number of nitrogens with zero attached hydrogens (tertiary/aromatic N) is 1. The van der Waals surface area contributed by atoms with E-state index in [9.17, 15) is 4.79 Å². The number of halogens is 1. The Morgan fingerprint density at radius 2 is 2.38 bits per heavy atom. The molecule has 0 aliphatic heterocycles. The predicted molar refractivity (Wildman–Crippen MR) is 69.2 cm³/mol. The van der Waals surface area contributed by atoms with E-state index in [1.54, 1.807) is 18.2 Å². The van der Waals surface area contributed by atoms with Crippen molar-refractivity contribution >= 4 is 34.2 Å². The molecule has 1 N–H and O–H groups in total. The summed E-state index contributed by atoms with van der Waals surface area (Å²) >= 11 is 2.15. The lowest BCUT2D eigenvalue weighted by molar-refractivity contribution is -0.115. The molecular weight excluding hydrogens is 319 g/mol. The van der Waals surface area contributed by atoms with Crippen molar-refractivity contribution in [3.8, 4) is 11.8 Å². The monoisotopic (exact) mass is 330 g/mol. The zero-order chi connectivity index (χ0) is 12.0. The molecule has 0 spiro atoms. The maximum atomic E-state index is 11.3. The Bertz CT molecular complexity index is 426. The second-order valence-electron chi connectivity index (χ2n) is 2.96. The molecule has 0 aromatic heterocycles. The number of amides is 1. The van der Waals surface area contributed by atoms with Gasteiger partial charge in [0.2, 0.25) is 5.91 Å². The van der Waals surface area contributed by atoms with Gasteiger partial charge in [-0.3, -0.25) is 4.79 Å². The van der Waals surface area contributed by atoms with Crippen LogP contribution in [0.25, 0.3) is 0 Å². The number of carbonyl (C=O) groups is 1. The first-order chi connectivity index (χ1) is 7.67. The summed E-state index contributed by atoms with van der Waals surface area (Å²) in [6.07, 6.45) is -0.156. The van der Waals surface area contributed by atoms with Crippen LogP contribution in [0, 0.1) is 14.9 Å². The fourth-order valence-corrected chi connectivity index (χ4v) is 1.64. The van der Waals surface area contributed by atoms with Gasteiger partial charge in [0, 0.05) is 3.57 Å². The molecule has 0 fully saturated rings. The quantitative estimate of drug-likeness (QED) is 0.863. The molecule has 0 radical (unpaired) electrons. The minimum absolute atomic E-state index is 0.156. The molecule has 0 saturated heterocycles. The first-order valence-corrected chi connectivity index (χ1v) is 5.84. The van der Waals surface area contributed by atoms with Crippen LogP contribution in [0.15, 0.2) is 18.2 Å². The number of nitriles is 1. The summed E-state index contributed by atoms with van der Waals surface area (Å²) in [5.74, 6) is 0.291. The number of rotatable bonds is 4. The molecule has 0 atom stereocenters. The second-order valence-corrected chi connectivity index (χ2v) is 4.20. The lowest BCUT2D eigenvalue weighted by Gasteiger charge is -2.10. The van der Waals surface area contributed by atoms with Crippen molar-refractivity contribution < 1.29 is 9.53 Å². The third-order valence-corrected chi connectivity index (χ3v) is 2.43. The molecule has 5 heteroatoms. The minimum atomic E-state index is -0.328. The van der Waals surface area contributed by atoms with Gasteiger partial charge < -0.3 is 10.1 Å². The van der Waals surface area contributed by atoms with E-state index in [1.165, 1.54) is 0 Å². The number of nitrogens with one attached hydrogen (secondary N) is 1. The van der Waals surface area contributed by atoms with E-state index in [-0.39, 0.29) is 12.3 Å². The van der Waals surface area contributed by atoms with Gasteiger partial charge in [-0.2, -0.15) is 5.26 Å². The van der Waals surface area contributed by atoms with Gasteiger partial charge in [0.1, 0.15) is 12.2 Å². The van der Waals surface area contributed by atoms with Gasteiger partial charge in [-0.1, -0.05) is 0 Å². The Morgan fingerprint density at radius 3 is 3.00 bits per heavy atom. The normalized spacial score (nSPS) is 9.31. The van der Waals surface area contributed by atoms with Crippen LogP contribution in [0.3, 0.4) is 0 Å². The molecule has 0 bridgehead atoms. The molecule has 0 unspecified atom stereocenters. The van der Waals surface area contributed by atoms with Crippen LogP contribution in [0.1, 0.15) is 13.3 Å². The fraction of sp³-hybridized carbons (Fsp3) is 0.273. The molecule has 0 aliphatic carbocycles. The minimum Gasteiger partial charge on any atom is -0.492 e. The summed E-state index contributed by atoms with van der Waals surface area (Å²) < 4.78 is 6.36. The van der Waals surface area contributed by atoms with E-state index in [2.05, 4.69) is 27.9 Å². The van der Waals surface area contributed by atoms with Crippen LogP contribution in [0.2, 0.25) is 0 Å². The lowest BCUT2D eigenvalue weighted by atomic mass is 10.3. The van der Waals surface area contributed by atoms with E-state index < -0.39 is 0 Å². The fourth-order valence-electron chi connectivity index (χ4n) is 1.15. The molecule has 0 aliphatic rings. The predicted octanol–water partition coefficient (Wildman–Crippen LogP) is 2.54. The molecule has 16 heavy (non-hydrogen) atoms. The average molecular weight is 330 g/mol. The van der Waals surface area contributed by atoms with Crippen molar-refractivity contribution in [3.05, 3.63) is 21.8 Å². The van der Waals surface area contributed by atoms with E-state index in [0.717, 1.165) is 3.57 Å². The first kappa shape index (κ1) is 12.8. The van der Waals surface area contributed by atoms with Gasteiger partial charge in [-0.25, -0.2) is 0 Å². The largest absolute Gasteiger partial charge is 0.492 e. The molecule has 1 amide bonds. The van der Waals surface area contributed by atoms with Gasteiger partial charge in [0.15, 0.2) is 0 Å². The van der Waals surface area contributed by atoms with Crippen LogP contribution in [-0.2, 0) is 4.79 Å². The van der Waals surface area contributed by atoms with Crippen LogP contribution in [0.5, 0.6) is 5.75 Å². The third-order valence-electron chi connectivity index (χ3n) is 1.76. The summed E-state index contributed by atoms with van der Waals surface area (Å²) in [7, 11) is 0. The Balaban J connectivity index is 2.88. The number of anilines is 1. The summed E-state index contributed by atoms with van der Waals surface area (Å²) in [6.45, 7) is 2.40. The summed E-state index contributed by atoms with van der Waals surface area (Å²) in [4.78, 5) is 11.3. The summed E-state index contributed by atoms with van der Waals surface area (Å²) in [5, 5.41) is 11.0. The molecule has 1 aromatic rings. The highest BCUT2D eigenvalue weighted by molar-refractivity contribution is 14.1. The van der Waals surface area contributed by atoms with Crippen LogP contribution < -0.4 is 10.1 Å². The zero-order valence-electron chi connectivity index (χ0n) is 8.79. The van der Waals surface area contributed by atoms with Crippen LogP contribution >= 0.6 is 22.6 Å². The van der Waals surface area contributed by atoms with Gasteiger partial charge in [-0.05, 0) is 47.7 Å². The van der Waals surface area contributed by atoms with E-state index in [1.807, 2.05) is 13.0 Å². The number of benzene rings is 1.